The molecule has 0 bridgehead atoms. The van der Waals surface area contributed by atoms with Gasteiger partial charge in [-0.25, -0.2) is 9.97 Å². The third kappa shape index (κ3) is 3.77. The Morgan fingerprint density at radius 2 is 1.97 bits per heavy atom. The van der Waals surface area contributed by atoms with E-state index < -0.39 is 0 Å². The van der Waals surface area contributed by atoms with E-state index in [4.69, 9.17) is 11.6 Å². The van der Waals surface area contributed by atoms with Gasteiger partial charge in [0.05, 0.1) is 5.69 Å². The van der Waals surface area contributed by atoms with Crippen molar-refractivity contribution >= 4 is 23.3 Å². The van der Waals surface area contributed by atoms with E-state index in [1.54, 1.807) is 13.1 Å². The third-order valence-corrected chi connectivity index (χ3v) is 4.93. The zero-order valence-corrected chi connectivity index (χ0v) is 16.7. The van der Waals surface area contributed by atoms with Crippen LogP contribution >= 0.6 is 11.6 Å². The molecule has 0 fully saturated rings. The van der Waals surface area contributed by atoms with Crippen LogP contribution in [0.3, 0.4) is 0 Å². The molecule has 0 radical (unpaired) electrons. The monoisotopic (exact) mass is 406 g/mol. The van der Waals surface area contributed by atoms with Crippen molar-refractivity contribution in [3.05, 3.63) is 65.8 Å². The van der Waals surface area contributed by atoms with Gasteiger partial charge in [0.2, 0.25) is 5.91 Å². The lowest BCUT2D eigenvalue weighted by atomic mass is 10.0. The van der Waals surface area contributed by atoms with Crippen molar-refractivity contribution in [1.29, 1.82) is 0 Å². The topological polar surface area (TPSA) is 88.5 Å². The summed E-state index contributed by atoms with van der Waals surface area (Å²) in [4.78, 5) is 20.4. The summed E-state index contributed by atoms with van der Waals surface area (Å²) in [5, 5.41) is 10.3. The highest BCUT2D eigenvalue weighted by atomic mass is 35.5. The second-order valence-corrected chi connectivity index (χ2v) is 6.97. The number of pyridine rings is 1. The SMILES string of the molecule is CCC(=O)Nc1cc(-n2cc(-c3ncn[nH]3)c(-c3ccccc3Cl)c2)c(C)cn1. The van der Waals surface area contributed by atoms with Crippen molar-refractivity contribution in [1.82, 2.24) is 24.7 Å². The number of nitrogens with zero attached hydrogens (tertiary/aromatic N) is 4. The van der Waals surface area contributed by atoms with Crippen LogP contribution in [-0.4, -0.2) is 30.6 Å². The van der Waals surface area contributed by atoms with E-state index in [0.29, 0.717) is 23.1 Å². The minimum atomic E-state index is -0.0843. The Balaban J connectivity index is 1.86. The summed E-state index contributed by atoms with van der Waals surface area (Å²) in [6, 6.07) is 9.51. The molecule has 4 aromatic rings. The average Bonchev–Trinajstić information content (AvgIpc) is 3.39. The number of anilines is 1. The van der Waals surface area contributed by atoms with Gasteiger partial charge >= 0.3 is 0 Å². The zero-order chi connectivity index (χ0) is 20.4. The zero-order valence-electron chi connectivity index (χ0n) is 16.0. The molecule has 0 spiro atoms. The molecule has 0 aliphatic rings. The summed E-state index contributed by atoms with van der Waals surface area (Å²) in [6.45, 7) is 3.77. The van der Waals surface area contributed by atoms with Crippen LogP contribution in [0.5, 0.6) is 0 Å². The molecule has 146 valence electrons. The van der Waals surface area contributed by atoms with Gasteiger partial charge < -0.3 is 9.88 Å². The lowest BCUT2D eigenvalue weighted by molar-refractivity contribution is -0.115. The van der Waals surface area contributed by atoms with Crippen molar-refractivity contribution in [2.24, 2.45) is 0 Å². The maximum absolute atomic E-state index is 11.8. The van der Waals surface area contributed by atoms with Crippen LogP contribution in [0, 0.1) is 6.92 Å². The second-order valence-electron chi connectivity index (χ2n) is 6.56. The molecule has 0 atom stereocenters. The van der Waals surface area contributed by atoms with E-state index >= 15 is 0 Å². The molecule has 1 aromatic carbocycles. The summed E-state index contributed by atoms with van der Waals surface area (Å²) in [5.41, 5.74) is 4.54. The Labute approximate surface area is 172 Å². The standard InChI is InChI=1S/C21H19ClN6O/c1-3-20(29)26-19-8-18(13(2)9-23-19)28-10-15(14-6-4-5-7-17(14)22)16(11-28)21-24-12-25-27-21/h4-12H,3H2,1-2H3,(H,23,26,29)(H,24,25,27). The first kappa shape index (κ1) is 18.9. The highest BCUT2D eigenvalue weighted by molar-refractivity contribution is 6.33. The fourth-order valence-corrected chi connectivity index (χ4v) is 3.34. The first-order valence-corrected chi connectivity index (χ1v) is 9.54. The molecule has 7 nitrogen and oxygen atoms in total. The summed E-state index contributed by atoms with van der Waals surface area (Å²) in [5.74, 6) is 1.07. The van der Waals surface area contributed by atoms with Gasteiger partial charge in [-0.1, -0.05) is 36.7 Å². The molecule has 4 rings (SSSR count). The minimum Gasteiger partial charge on any atom is -0.322 e. The number of rotatable bonds is 5. The third-order valence-electron chi connectivity index (χ3n) is 4.60. The Kier molecular flexibility index (Phi) is 5.14. The predicted molar refractivity (Wildman–Crippen MR) is 113 cm³/mol. The predicted octanol–water partition coefficient (Wildman–Crippen LogP) is 4.63. The maximum atomic E-state index is 11.8. The molecule has 3 aromatic heterocycles. The number of aryl methyl sites for hydroxylation is 1. The lowest BCUT2D eigenvalue weighted by Crippen LogP contribution is -2.11. The van der Waals surface area contributed by atoms with Crippen molar-refractivity contribution in [3.8, 4) is 28.2 Å². The van der Waals surface area contributed by atoms with Crippen LogP contribution in [0.4, 0.5) is 5.82 Å². The molecular formula is C21H19ClN6O. The molecule has 29 heavy (non-hydrogen) atoms. The largest absolute Gasteiger partial charge is 0.322 e. The number of hydrogen-bond acceptors (Lipinski definition) is 4. The first-order chi connectivity index (χ1) is 14.1. The van der Waals surface area contributed by atoms with Gasteiger partial charge in [0.25, 0.3) is 0 Å². The van der Waals surface area contributed by atoms with Crippen molar-refractivity contribution in [2.45, 2.75) is 20.3 Å². The van der Waals surface area contributed by atoms with Crippen LogP contribution < -0.4 is 5.32 Å². The number of hydrogen-bond donors (Lipinski definition) is 2. The highest BCUT2D eigenvalue weighted by Crippen LogP contribution is 2.36. The fourth-order valence-electron chi connectivity index (χ4n) is 3.10. The molecule has 0 saturated heterocycles. The number of carbonyl (C=O) groups is 1. The molecule has 0 aliphatic heterocycles. The molecule has 2 N–H and O–H groups in total. The number of H-pyrrole nitrogens is 1. The molecule has 8 heteroatoms. The summed E-state index contributed by atoms with van der Waals surface area (Å²) in [7, 11) is 0. The van der Waals surface area contributed by atoms with E-state index in [1.165, 1.54) is 6.33 Å². The van der Waals surface area contributed by atoms with E-state index in [9.17, 15) is 4.79 Å². The quantitative estimate of drug-likeness (QED) is 0.505. The number of carbonyl (C=O) groups excluding carboxylic acids is 1. The molecule has 3 heterocycles. The molecular weight excluding hydrogens is 388 g/mol. The van der Waals surface area contributed by atoms with Gasteiger partial charge in [-0.3, -0.25) is 9.89 Å². The molecule has 0 aliphatic carbocycles. The van der Waals surface area contributed by atoms with Gasteiger partial charge in [-0.2, -0.15) is 5.10 Å². The van der Waals surface area contributed by atoms with Crippen LogP contribution in [0.1, 0.15) is 18.9 Å². The van der Waals surface area contributed by atoms with Crippen LogP contribution in [0.2, 0.25) is 5.02 Å². The van der Waals surface area contributed by atoms with Gasteiger partial charge in [-0.05, 0) is 18.6 Å². The van der Waals surface area contributed by atoms with Gasteiger partial charge in [0.1, 0.15) is 12.1 Å². The number of aromatic nitrogens is 5. The van der Waals surface area contributed by atoms with E-state index in [2.05, 4.69) is 25.5 Å². The Morgan fingerprint density at radius 3 is 2.69 bits per heavy atom. The number of benzene rings is 1. The second kappa shape index (κ2) is 7.89. The molecule has 1 amide bonds. The summed E-state index contributed by atoms with van der Waals surface area (Å²) in [6.07, 6.45) is 7.56. The van der Waals surface area contributed by atoms with E-state index in [-0.39, 0.29) is 5.91 Å². The Bertz CT molecular complexity index is 1170. The van der Waals surface area contributed by atoms with Crippen LogP contribution in [0.25, 0.3) is 28.2 Å². The number of nitrogens with one attached hydrogen (secondary N) is 2. The number of aromatic amines is 1. The molecule has 0 unspecified atom stereocenters. The summed E-state index contributed by atoms with van der Waals surface area (Å²) >= 11 is 6.46. The highest BCUT2D eigenvalue weighted by Gasteiger charge is 2.17. The average molecular weight is 407 g/mol. The fraction of sp³-hybridized carbons (Fsp3) is 0.143. The van der Waals surface area contributed by atoms with Crippen molar-refractivity contribution in [2.75, 3.05) is 5.32 Å². The van der Waals surface area contributed by atoms with Crippen molar-refractivity contribution < 1.29 is 4.79 Å². The first-order valence-electron chi connectivity index (χ1n) is 9.16. The van der Waals surface area contributed by atoms with Crippen LogP contribution in [0.15, 0.2) is 55.2 Å². The van der Waals surface area contributed by atoms with Crippen molar-refractivity contribution in [3.63, 3.8) is 0 Å². The van der Waals surface area contributed by atoms with Crippen LogP contribution in [-0.2, 0) is 4.79 Å². The Morgan fingerprint density at radius 1 is 1.17 bits per heavy atom. The lowest BCUT2D eigenvalue weighted by Gasteiger charge is -2.10. The van der Waals surface area contributed by atoms with E-state index in [0.717, 1.165) is 27.9 Å². The normalized spacial score (nSPS) is 10.9. The number of amides is 1. The summed E-state index contributed by atoms with van der Waals surface area (Å²) < 4.78 is 1.98. The minimum absolute atomic E-state index is 0.0843. The van der Waals surface area contributed by atoms with E-state index in [1.807, 2.05) is 54.2 Å². The van der Waals surface area contributed by atoms with Gasteiger partial charge in [-0.15, -0.1) is 0 Å². The maximum Gasteiger partial charge on any atom is 0.225 e. The number of halogens is 1. The van der Waals surface area contributed by atoms with Gasteiger partial charge in [0.15, 0.2) is 5.82 Å². The van der Waals surface area contributed by atoms with Gasteiger partial charge in [0, 0.05) is 52.8 Å². The molecule has 0 saturated carbocycles. The Hall–Kier alpha value is -3.45. The smallest absolute Gasteiger partial charge is 0.225 e.